The lowest BCUT2D eigenvalue weighted by atomic mass is 10.1. The van der Waals surface area contributed by atoms with Crippen LogP contribution in [0.15, 0.2) is 66.7 Å². The summed E-state index contributed by atoms with van der Waals surface area (Å²) in [6.45, 7) is 2.30. The zero-order valence-electron chi connectivity index (χ0n) is 18.1. The molecule has 1 amide bonds. The van der Waals surface area contributed by atoms with Crippen LogP contribution in [-0.4, -0.2) is 30.7 Å². The SMILES string of the molecule is O=C(CCN1Cc2ccccc2O[C@@H](c2ccccc2F)C1)NCc1ccc2c(c1)OCO2. The molecule has 0 aromatic heterocycles. The van der Waals surface area contributed by atoms with Crippen molar-refractivity contribution < 1.29 is 23.4 Å². The summed E-state index contributed by atoms with van der Waals surface area (Å²) in [6, 6.07) is 20.1. The molecular weight excluding hydrogens is 423 g/mol. The number of carbonyl (C=O) groups is 1. The Hall–Kier alpha value is -3.58. The van der Waals surface area contributed by atoms with Crippen LogP contribution in [0.4, 0.5) is 4.39 Å². The molecular formula is C26H25FN2O4. The fourth-order valence-corrected chi connectivity index (χ4v) is 4.15. The van der Waals surface area contributed by atoms with Crippen molar-refractivity contribution >= 4 is 5.91 Å². The van der Waals surface area contributed by atoms with Gasteiger partial charge in [0.25, 0.3) is 0 Å². The molecule has 2 aliphatic heterocycles. The van der Waals surface area contributed by atoms with Crippen molar-refractivity contribution in [2.75, 3.05) is 19.9 Å². The minimum atomic E-state index is -0.452. The third-order valence-electron chi connectivity index (χ3n) is 5.89. The van der Waals surface area contributed by atoms with Gasteiger partial charge in [0.05, 0.1) is 0 Å². The summed E-state index contributed by atoms with van der Waals surface area (Å²) >= 11 is 0. The van der Waals surface area contributed by atoms with Crippen LogP contribution in [0.1, 0.15) is 29.2 Å². The minimum absolute atomic E-state index is 0.0476. The second kappa shape index (κ2) is 9.50. The molecule has 170 valence electrons. The number of hydrogen-bond donors (Lipinski definition) is 1. The molecule has 0 aliphatic carbocycles. The molecule has 3 aromatic rings. The Morgan fingerprint density at radius 2 is 1.82 bits per heavy atom. The summed E-state index contributed by atoms with van der Waals surface area (Å²) in [7, 11) is 0. The van der Waals surface area contributed by atoms with Gasteiger partial charge < -0.3 is 19.5 Å². The Balaban J connectivity index is 1.22. The highest BCUT2D eigenvalue weighted by atomic mass is 19.1. The molecule has 2 aliphatic rings. The van der Waals surface area contributed by atoms with Crippen LogP contribution in [0.2, 0.25) is 0 Å². The third-order valence-corrected chi connectivity index (χ3v) is 5.89. The van der Waals surface area contributed by atoms with Gasteiger partial charge in [0.1, 0.15) is 17.7 Å². The molecule has 0 spiro atoms. The second-order valence-corrected chi connectivity index (χ2v) is 8.19. The van der Waals surface area contributed by atoms with Gasteiger partial charge in [-0.25, -0.2) is 4.39 Å². The van der Waals surface area contributed by atoms with E-state index in [0.717, 1.165) is 22.6 Å². The van der Waals surface area contributed by atoms with Gasteiger partial charge in [-0.2, -0.15) is 0 Å². The van der Waals surface area contributed by atoms with Gasteiger partial charge in [0.2, 0.25) is 12.7 Å². The Kier molecular flexibility index (Phi) is 6.13. The number of rotatable bonds is 6. The fourth-order valence-electron chi connectivity index (χ4n) is 4.15. The van der Waals surface area contributed by atoms with Gasteiger partial charge in [-0.1, -0.05) is 42.5 Å². The predicted octanol–water partition coefficient (Wildman–Crippen LogP) is 4.20. The number of amides is 1. The monoisotopic (exact) mass is 448 g/mol. The van der Waals surface area contributed by atoms with Crippen molar-refractivity contribution in [1.29, 1.82) is 0 Å². The number of nitrogens with zero attached hydrogens (tertiary/aromatic N) is 1. The van der Waals surface area contributed by atoms with Crippen molar-refractivity contribution in [3.63, 3.8) is 0 Å². The number of halogens is 1. The van der Waals surface area contributed by atoms with Crippen LogP contribution in [0.5, 0.6) is 17.2 Å². The van der Waals surface area contributed by atoms with Gasteiger partial charge in [-0.15, -0.1) is 0 Å². The molecule has 2 heterocycles. The maximum atomic E-state index is 14.5. The molecule has 0 saturated heterocycles. The van der Waals surface area contributed by atoms with Crippen molar-refractivity contribution in [2.24, 2.45) is 0 Å². The molecule has 0 radical (unpaired) electrons. The summed E-state index contributed by atoms with van der Waals surface area (Å²) in [5.74, 6) is 1.83. The Morgan fingerprint density at radius 1 is 1.00 bits per heavy atom. The van der Waals surface area contributed by atoms with E-state index in [2.05, 4.69) is 10.2 Å². The first-order chi connectivity index (χ1) is 16.2. The van der Waals surface area contributed by atoms with E-state index in [-0.39, 0.29) is 18.5 Å². The number of nitrogens with one attached hydrogen (secondary N) is 1. The average Bonchev–Trinajstić information content (AvgIpc) is 3.21. The Morgan fingerprint density at radius 3 is 2.73 bits per heavy atom. The Bertz CT molecular complexity index is 1150. The number of para-hydroxylation sites is 1. The molecule has 0 unspecified atom stereocenters. The molecule has 6 nitrogen and oxygen atoms in total. The summed E-state index contributed by atoms with van der Waals surface area (Å²) in [5.41, 5.74) is 2.49. The molecule has 0 bridgehead atoms. The highest BCUT2D eigenvalue weighted by Gasteiger charge is 2.26. The molecule has 1 N–H and O–H groups in total. The van der Waals surface area contributed by atoms with Crippen molar-refractivity contribution in [3.05, 3.63) is 89.2 Å². The van der Waals surface area contributed by atoms with E-state index in [4.69, 9.17) is 14.2 Å². The maximum absolute atomic E-state index is 14.5. The quantitative estimate of drug-likeness (QED) is 0.613. The summed E-state index contributed by atoms with van der Waals surface area (Å²) in [6.07, 6.45) is -0.122. The summed E-state index contributed by atoms with van der Waals surface area (Å²) in [4.78, 5) is 14.7. The predicted molar refractivity (Wildman–Crippen MR) is 121 cm³/mol. The lowest BCUT2D eigenvalue weighted by Crippen LogP contribution is -2.33. The van der Waals surface area contributed by atoms with Crippen molar-refractivity contribution in [2.45, 2.75) is 25.6 Å². The first-order valence-corrected chi connectivity index (χ1v) is 11.0. The van der Waals surface area contributed by atoms with Gasteiger partial charge in [-0.3, -0.25) is 9.69 Å². The van der Waals surface area contributed by atoms with Crippen LogP contribution in [0.25, 0.3) is 0 Å². The highest BCUT2D eigenvalue weighted by molar-refractivity contribution is 5.76. The maximum Gasteiger partial charge on any atom is 0.231 e. The Labute approximate surface area is 191 Å². The number of ether oxygens (including phenoxy) is 3. The van der Waals surface area contributed by atoms with Crippen LogP contribution in [-0.2, 0) is 17.9 Å². The first-order valence-electron chi connectivity index (χ1n) is 11.0. The zero-order chi connectivity index (χ0) is 22.6. The van der Waals surface area contributed by atoms with Gasteiger partial charge >= 0.3 is 0 Å². The number of carbonyl (C=O) groups excluding carboxylic acids is 1. The second-order valence-electron chi connectivity index (χ2n) is 8.19. The lowest BCUT2D eigenvalue weighted by molar-refractivity contribution is -0.121. The minimum Gasteiger partial charge on any atom is -0.484 e. The molecule has 0 saturated carbocycles. The highest BCUT2D eigenvalue weighted by Crippen LogP contribution is 2.33. The summed E-state index contributed by atoms with van der Waals surface area (Å²) in [5, 5.41) is 2.96. The summed E-state index contributed by atoms with van der Waals surface area (Å²) < 4.78 is 31.4. The van der Waals surface area contributed by atoms with Crippen LogP contribution >= 0.6 is 0 Å². The largest absolute Gasteiger partial charge is 0.484 e. The van der Waals surface area contributed by atoms with E-state index in [1.54, 1.807) is 12.1 Å². The smallest absolute Gasteiger partial charge is 0.231 e. The van der Waals surface area contributed by atoms with Crippen LogP contribution in [0, 0.1) is 5.82 Å². The molecule has 7 heteroatoms. The normalized spacial score (nSPS) is 17.1. The van der Waals surface area contributed by atoms with Gasteiger partial charge in [0.15, 0.2) is 11.5 Å². The zero-order valence-corrected chi connectivity index (χ0v) is 18.1. The topological polar surface area (TPSA) is 60.0 Å². The molecule has 1 atom stereocenters. The van der Waals surface area contributed by atoms with E-state index in [1.807, 2.05) is 48.5 Å². The van der Waals surface area contributed by atoms with E-state index < -0.39 is 6.10 Å². The lowest BCUT2D eigenvalue weighted by Gasteiger charge is -2.24. The molecule has 5 rings (SSSR count). The molecule has 0 fully saturated rings. The fraction of sp³-hybridized carbons (Fsp3) is 0.269. The van der Waals surface area contributed by atoms with Gasteiger partial charge in [-0.05, 0) is 29.8 Å². The number of fused-ring (bicyclic) bond motifs is 2. The van der Waals surface area contributed by atoms with Crippen molar-refractivity contribution in [3.8, 4) is 17.2 Å². The van der Waals surface area contributed by atoms with Crippen LogP contribution in [0.3, 0.4) is 0 Å². The van der Waals surface area contributed by atoms with E-state index in [9.17, 15) is 9.18 Å². The molecule has 33 heavy (non-hydrogen) atoms. The average molecular weight is 448 g/mol. The van der Waals surface area contributed by atoms with E-state index in [0.29, 0.717) is 43.9 Å². The molecule has 3 aromatic carbocycles. The first kappa shape index (κ1) is 21.3. The van der Waals surface area contributed by atoms with Crippen molar-refractivity contribution in [1.82, 2.24) is 10.2 Å². The van der Waals surface area contributed by atoms with Gasteiger partial charge in [0, 0.05) is 43.7 Å². The van der Waals surface area contributed by atoms with Crippen LogP contribution < -0.4 is 19.5 Å². The van der Waals surface area contributed by atoms with E-state index in [1.165, 1.54) is 6.07 Å². The number of benzene rings is 3. The van der Waals surface area contributed by atoms with E-state index >= 15 is 0 Å². The third kappa shape index (κ3) is 4.93. The number of hydrogen-bond acceptors (Lipinski definition) is 5. The standard InChI is InChI=1S/C26H25FN2O4/c27-21-7-3-2-6-20(21)25-16-29(15-19-5-1-4-8-22(19)33-25)12-11-26(30)28-14-18-9-10-23-24(13-18)32-17-31-23/h1-10,13,25H,11-12,14-17H2,(H,28,30)/t25-/m1/s1.